The van der Waals surface area contributed by atoms with Crippen molar-refractivity contribution in [1.29, 1.82) is 0 Å². The van der Waals surface area contributed by atoms with Gasteiger partial charge in [-0.1, -0.05) is 0 Å². The van der Waals surface area contributed by atoms with Gasteiger partial charge in [-0.25, -0.2) is 14.4 Å². The summed E-state index contributed by atoms with van der Waals surface area (Å²) in [6.07, 6.45) is 1.67. The van der Waals surface area contributed by atoms with Crippen LogP contribution in [0, 0.1) is 12.7 Å². The van der Waals surface area contributed by atoms with E-state index in [1.54, 1.807) is 19.3 Å². The van der Waals surface area contributed by atoms with Crippen molar-refractivity contribution in [2.75, 3.05) is 19.5 Å². The van der Waals surface area contributed by atoms with Crippen LogP contribution >= 0.6 is 0 Å². The van der Waals surface area contributed by atoms with E-state index in [0.717, 1.165) is 11.4 Å². The fraction of sp³-hybridized carbons (Fsp3) is 0.231. The predicted octanol–water partition coefficient (Wildman–Crippen LogP) is 2.64. The van der Waals surface area contributed by atoms with Gasteiger partial charge in [0.2, 0.25) is 0 Å². The molecule has 0 atom stereocenters. The highest BCUT2D eigenvalue weighted by molar-refractivity contribution is 5.65. The van der Waals surface area contributed by atoms with Crippen molar-refractivity contribution >= 4 is 5.69 Å². The highest BCUT2D eigenvalue weighted by Crippen LogP contribution is 2.28. The van der Waals surface area contributed by atoms with Gasteiger partial charge in [0.1, 0.15) is 11.6 Å². The third-order valence-corrected chi connectivity index (χ3v) is 2.65. The molecule has 0 amide bonds. The van der Waals surface area contributed by atoms with Gasteiger partial charge in [0.15, 0.2) is 5.82 Å². The molecular formula is C13H14FN3O. The number of hydrogen-bond donors (Lipinski definition) is 1. The molecule has 0 radical (unpaired) electrons. The fourth-order valence-corrected chi connectivity index (χ4v) is 1.70. The predicted molar refractivity (Wildman–Crippen MR) is 68.3 cm³/mol. The first-order valence-corrected chi connectivity index (χ1v) is 5.51. The number of aryl methyl sites for hydroxylation is 1. The van der Waals surface area contributed by atoms with Crippen molar-refractivity contribution in [2.45, 2.75) is 6.92 Å². The van der Waals surface area contributed by atoms with Crippen LogP contribution in [0.3, 0.4) is 0 Å². The number of benzene rings is 1. The molecule has 0 bridgehead atoms. The maximum Gasteiger partial charge on any atom is 0.163 e. The molecule has 0 spiro atoms. The molecule has 0 aliphatic rings. The van der Waals surface area contributed by atoms with Crippen molar-refractivity contribution in [1.82, 2.24) is 9.97 Å². The Balaban J connectivity index is 2.54. The Hall–Kier alpha value is -2.17. The molecule has 0 aliphatic heterocycles. The monoisotopic (exact) mass is 247 g/mol. The Kier molecular flexibility index (Phi) is 3.41. The molecule has 1 N–H and O–H groups in total. The maximum absolute atomic E-state index is 13.3. The third kappa shape index (κ3) is 2.25. The second-order valence-corrected chi connectivity index (χ2v) is 3.79. The van der Waals surface area contributed by atoms with Crippen LogP contribution in [0.1, 0.15) is 5.69 Å². The zero-order chi connectivity index (χ0) is 13.1. The summed E-state index contributed by atoms with van der Waals surface area (Å²) in [5, 5.41) is 2.98. The molecule has 0 saturated carbocycles. The van der Waals surface area contributed by atoms with Gasteiger partial charge in [-0.2, -0.15) is 0 Å². The lowest BCUT2D eigenvalue weighted by molar-refractivity contribution is 0.415. The first kappa shape index (κ1) is 12.3. The van der Waals surface area contributed by atoms with E-state index in [0.29, 0.717) is 17.1 Å². The molecule has 0 fully saturated rings. The lowest BCUT2D eigenvalue weighted by Crippen LogP contribution is -1.99. The van der Waals surface area contributed by atoms with Gasteiger partial charge in [0.25, 0.3) is 0 Å². The van der Waals surface area contributed by atoms with Crippen LogP contribution in [-0.2, 0) is 0 Å². The molecule has 0 unspecified atom stereocenters. The first-order chi connectivity index (χ1) is 8.65. The number of ether oxygens (including phenoxy) is 1. The smallest absolute Gasteiger partial charge is 0.163 e. The average molecular weight is 247 g/mol. The Labute approximate surface area is 105 Å². The second kappa shape index (κ2) is 5.00. The summed E-state index contributed by atoms with van der Waals surface area (Å²) >= 11 is 0. The Morgan fingerprint density at radius 3 is 2.72 bits per heavy atom. The summed E-state index contributed by atoms with van der Waals surface area (Å²) in [6, 6.07) is 4.28. The topological polar surface area (TPSA) is 47.0 Å². The van der Waals surface area contributed by atoms with Crippen LogP contribution in [0.5, 0.6) is 5.75 Å². The number of methoxy groups -OCH3 is 1. The first-order valence-electron chi connectivity index (χ1n) is 5.51. The highest BCUT2D eigenvalue weighted by Gasteiger charge is 2.11. The van der Waals surface area contributed by atoms with Gasteiger partial charge < -0.3 is 10.1 Å². The number of anilines is 1. The molecule has 0 saturated heterocycles. The molecule has 5 heteroatoms. The summed E-state index contributed by atoms with van der Waals surface area (Å²) in [7, 11) is 3.33. The Morgan fingerprint density at radius 1 is 1.33 bits per heavy atom. The molecule has 2 rings (SSSR count). The minimum atomic E-state index is -0.343. The number of aromatic nitrogens is 2. The van der Waals surface area contributed by atoms with E-state index in [1.807, 2.05) is 6.92 Å². The van der Waals surface area contributed by atoms with Crippen molar-refractivity contribution < 1.29 is 9.13 Å². The number of hydrogen-bond acceptors (Lipinski definition) is 4. The highest BCUT2D eigenvalue weighted by atomic mass is 19.1. The zero-order valence-corrected chi connectivity index (χ0v) is 10.5. The van der Waals surface area contributed by atoms with Gasteiger partial charge in [-0.05, 0) is 25.1 Å². The van der Waals surface area contributed by atoms with Crippen LogP contribution in [0.15, 0.2) is 24.4 Å². The quantitative estimate of drug-likeness (QED) is 0.905. The Morgan fingerprint density at radius 2 is 2.11 bits per heavy atom. The van der Waals surface area contributed by atoms with E-state index in [-0.39, 0.29) is 5.82 Å². The molecule has 1 aromatic carbocycles. The minimum absolute atomic E-state index is 0.343. The summed E-state index contributed by atoms with van der Waals surface area (Å²) in [5.41, 5.74) is 2.19. The van der Waals surface area contributed by atoms with Gasteiger partial charge in [0.05, 0.1) is 30.3 Å². The van der Waals surface area contributed by atoms with Crippen molar-refractivity contribution in [2.24, 2.45) is 0 Å². The minimum Gasteiger partial charge on any atom is -0.496 e. The number of halogens is 1. The molecule has 4 nitrogen and oxygen atoms in total. The van der Waals surface area contributed by atoms with Crippen LogP contribution in [0.2, 0.25) is 0 Å². The van der Waals surface area contributed by atoms with Crippen molar-refractivity contribution in [3.05, 3.63) is 35.9 Å². The molecule has 1 heterocycles. The zero-order valence-electron chi connectivity index (χ0n) is 10.5. The number of rotatable bonds is 3. The normalized spacial score (nSPS) is 10.2. The lowest BCUT2D eigenvalue weighted by Gasteiger charge is -2.09. The lowest BCUT2D eigenvalue weighted by atomic mass is 10.1. The van der Waals surface area contributed by atoms with E-state index < -0.39 is 0 Å². The third-order valence-electron chi connectivity index (χ3n) is 2.65. The Bertz CT molecular complexity index is 572. The summed E-state index contributed by atoms with van der Waals surface area (Å²) in [5.74, 6) is 0.653. The fourth-order valence-electron chi connectivity index (χ4n) is 1.70. The van der Waals surface area contributed by atoms with Gasteiger partial charge in [-0.15, -0.1) is 0 Å². The average Bonchev–Trinajstić information content (AvgIpc) is 2.38. The van der Waals surface area contributed by atoms with Crippen molar-refractivity contribution in [3.8, 4) is 17.1 Å². The molecular weight excluding hydrogens is 233 g/mol. The molecule has 18 heavy (non-hydrogen) atoms. The van der Waals surface area contributed by atoms with E-state index >= 15 is 0 Å². The van der Waals surface area contributed by atoms with E-state index in [9.17, 15) is 4.39 Å². The van der Waals surface area contributed by atoms with E-state index in [4.69, 9.17) is 4.74 Å². The van der Waals surface area contributed by atoms with Crippen LogP contribution in [0.4, 0.5) is 10.1 Å². The van der Waals surface area contributed by atoms with E-state index in [1.165, 1.54) is 19.2 Å². The summed E-state index contributed by atoms with van der Waals surface area (Å²) < 4.78 is 18.5. The van der Waals surface area contributed by atoms with Crippen molar-refractivity contribution in [3.63, 3.8) is 0 Å². The summed E-state index contributed by atoms with van der Waals surface area (Å²) in [6.45, 7) is 1.86. The standard InChI is InChI=1S/C13H14FN3O/c1-8-11(15-2)7-16-13(17-8)10-6-9(14)4-5-12(10)18-3/h4-7,15H,1-3H3. The molecule has 2 aromatic rings. The van der Waals surface area contributed by atoms with E-state index in [2.05, 4.69) is 15.3 Å². The number of nitrogens with one attached hydrogen (secondary N) is 1. The molecule has 94 valence electrons. The summed E-state index contributed by atoms with van der Waals surface area (Å²) in [4.78, 5) is 8.55. The van der Waals surface area contributed by atoms with Gasteiger partial charge in [-0.3, -0.25) is 0 Å². The number of nitrogens with zero attached hydrogens (tertiary/aromatic N) is 2. The van der Waals surface area contributed by atoms with Crippen LogP contribution in [0.25, 0.3) is 11.4 Å². The van der Waals surface area contributed by atoms with Crippen LogP contribution < -0.4 is 10.1 Å². The van der Waals surface area contributed by atoms with Crippen LogP contribution in [-0.4, -0.2) is 24.1 Å². The van der Waals surface area contributed by atoms with Gasteiger partial charge in [0, 0.05) is 7.05 Å². The SMILES string of the molecule is CNc1cnc(-c2cc(F)ccc2OC)nc1C. The largest absolute Gasteiger partial charge is 0.496 e. The molecule has 1 aromatic heterocycles. The maximum atomic E-state index is 13.3. The van der Waals surface area contributed by atoms with Gasteiger partial charge >= 0.3 is 0 Å². The molecule has 0 aliphatic carbocycles. The second-order valence-electron chi connectivity index (χ2n) is 3.79.